The van der Waals surface area contributed by atoms with Gasteiger partial charge in [0.2, 0.25) is 0 Å². The first-order valence-corrected chi connectivity index (χ1v) is 9.93. The molecule has 7 heteroatoms. The molecule has 0 saturated heterocycles. The summed E-state index contributed by atoms with van der Waals surface area (Å²) in [5, 5.41) is 5.43. The average molecular weight is 406 g/mol. The minimum atomic E-state index is -0.588. The topological polar surface area (TPSA) is 81.4 Å². The fraction of sp³-hybridized carbons (Fsp3) is 0.136. The van der Waals surface area contributed by atoms with Gasteiger partial charge in [-0.05, 0) is 42.6 Å². The highest BCUT2D eigenvalue weighted by atomic mass is 32.1. The van der Waals surface area contributed by atoms with Crippen molar-refractivity contribution in [3.05, 3.63) is 76.7 Å². The number of hydrogen-bond acceptors (Lipinski definition) is 6. The van der Waals surface area contributed by atoms with Gasteiger partial charge in [0.05, 0.1) is 23.4 Å². The predicted molar refractivity (Wildman–Crippen MR) is 111 cm³/mol. The number of pyridine rings is 1. The third-order valence-corrected chi connectivity index (χ3v) is 5.45. The van der Waals surface area contributed by atoms with Gasteiger partial charge >= 0.3 is 5.97 Å². The van der Waals surface area contributed by atoms with Crippen molar-refractivity contribution >= 4 is 34.1 Å². The number of carbonyl (C=O) groups is 2. The molecular weight excluding hydrogens is 388 g/mol. The Morgan fingerprint density at radius 1 is 1.17 bits per heavy atom. The summed E-state index contributed by atoms with van der Waals surface area (Å²) in [6, 6.07) is 16.1. The number of thiophene rings is 1. The van der Waals surface area contributed by atoms with E-state index in [1.54, 1.807) is 41.9 Å². The number of amides is 1. The van der Waals surface area contributed by atoms with Gasteiger partial charge < -0.3 is 14.5 Å². The molecule has 0 aliphatic heterocycles. The molecule has 0 unspecified atom stereocenters. The normalized spacial score (nSPS) is 11.9. The van der Waals surface area contributed by atoms with Crippen LogP contribution in [0.5, 0.6) is 0 Å². The predicted octanol–water partition coefficient (Wildman–Crippen LogP) is 4.59. The van der Waals surface area contributed by atoms with Crippen LogP contribution < -0.4 is 5.32 Å². The van der Waals surface area contributed by atoms with Crippen molar-refractivity contribution in [2.24, 2.45) is 0 Å². The second-order valence-corrected chi connectivity index (χ2v) is 7.41. The molecule has 1 aromatic carbocycles. The maximum atomic E-state index is 12.7. The molecule has 146 valence electrons. The van der Waals surface area contributed by atoms with Gasteiger partial charge in [-0.2, -0.15) is 0 Å². The molecule has 1 N–H and O–H groups in total. The van der Waals surface area contributed by atoms with Crippen molar-refractivity contribution < 1.29 is 18.7 Å². The highest BCUT2D eigenvalue weighted by Crippen LogP contribution is 2.25. The fourth-order valence-electron chi connectivity index (χ4n) is 3.00. The number of rotatable bonds is 6. The third-order valence-electron chi connectivity index (χ3n) is 4.39. The van der Waals surface area contributed by atoms with Crippen LogP contribution >= 0.6 is 11.3 Å². The highest BCUT2D eigenvalue weighted by Gasteiger charge is 2.18. The summed E-state index contributed by atoms with van der Waals surface area (Å²) in [6.07, 6.45) is 1.54. The molecular formula is C22H18N2O4S. The third kappa shape index (κ3) is 4.20. The number of nitrogens with zero attached hydrogens (tertiary/aromatic N) is 1. The Morgan fingerprint density at radius 2 is 2.03 bits per heavy atom. The SMILES string of the molecule is C[C@H](NC(=O)COC(=O)c1cc(-c2ccco2)nc2ccccc12)c1cccs1. The van der Waals surface area contributed by atoms with E-state index >= 15 is 0 Å². The number of furan rings is 1. The van der Waals surface area contributed by atoms with E-state index in [0.29, 0.717) is 27.9 Å². The van der Waals surface area contributed by atoms with Gasteiger partial charge in [0.25, 0.3) is 5.91 Å². The summed E-state index contributed by atoms with van der Waals surface area (Å²) in [7, 11) is 0. The molecule has 1 atom stereocenters. The van der Waals surface area contributed by atoms with Crippen LogP contribution in [0, 0.1) is 0 Å². The Balaban J connectivity index is 1.51. The van der Waals surface area contributed by atoms with E-state index < -0.39 is 5.97 Å². The molecule has 4 aromatic rings. The molecule has 0 saturated carbocycles. The van der Waals surface area contributed by atoms with Crippen molar-refractivity contribution in [1.29, 1.82) is 0 Å². The van der Waals surface area contributed by atoms with Crippen molar-refractivity contribution in [2.45, 2.75) is 13.0 Å². The van der Waals surface area contributed by atoms with Gasteiger partial charge in [-0.1, -0.05) is 24.3 Å². The van der Waals surface area contributed by atoms with Crippen molar-refractivity contribution in [3.8, 4) is 11.5 Å². The summed E-state index contributed by atoms with van der Waals surface area (Å²) >= 11 is 1.56. The monoisotopic (exact) mass is 406 g/mol. The maximum Gasteiger partial charge on any atom is 0.339 e. The average Bonchev–Trinajstić information content (AvgIpc) is 3.45. The van der Waals surface area contributed by atoms with E-state index in [1.165, 1.54) is 0 Å². The van der Waals surface area contributed by atoms with Gasteiger partial charge in [0.15, 0.2) is 12.4 Å². The fourth-order valence-corrected chi connectivity index (χ4v) is 3.73. The summed E-state index contributed by atoms with van der Waals surface area (Å²) in [5.74, 6) is -0.397. The molecule has 0 fully saturated rings. The lowest BCUT2D eigenvalue weighted by atomic mass is 10.1. The van der Waals surface area contributed by atoms with Gasteiger partial charge in [-0.15, -0.1) is 11.3 Å². The number of esters is 1. The molecule has 0 aliphatic carbocycles. The molecule has 3 heterocycles. The molecule has 0 aliphatic rings. The minimum absolute atomic E-state index is 0.145. The van der Waals surface area contributed by atoms with E-state index in [1.807, 2.05) is 42.6 Å². The van der Waals surface area contributed by atoms with E-state index in [9.17, 15) is 9.59 Å². The minimum Gasteiger partial charge on any atom is -0.463 e. The molecule has 1 amide bonds. The van der Waals surface area contributed by atoms with Crippen molar-refractivity contribution in [2.75, 3.05) is 6.61 Å². The van der Waals surface area contributed by atoms with E-state index in [4.69, 9.17) is 9.15 Å². The van der Waals surface area contributed by atoms with Crippen LogP contribution in [0.15, 0.2) is 70.7 Å². The van der Waals surface area contributed by atoms with Crippen LogP contribution in [0.2, 0.25) is 0 Å². The zero-order valence-electron chi connectivity index (χ0n) is 15.6. The quantitative estimate of drug-likeness (QED) is 0.474. The second kappa shape index (κ2) is 8.28. The Kier molecular flexibility index (Phi) is 5.39. The number of para-hydroxylation sites is 1. The Labute approximate surface area is 171 Å². The van der Waals surface area contributed by atoms with Crippen LogP contribution in [0.25, 0.3) is 22.4 Å². The number of fused-ring (bicyclic) bond motifs is 1. The zero-order chi connectivity index (χ0) is 20.2. The van der Waals surface area contributed by atoms with Gasteiger partial charge in [0.1, 0.15) is 5.69 Å². The lowest BCUT2D eigenvalue weighted by Crippen LogP contribution is -2.30. The Morgan fingerprint density at radius 3 is 2.79 bits per heavy atom. The molecule has 3 aromatic heterocycles. The number of benzene rings is 1. The van der Waals surface area contributed by atoms with E-state index in [2.05, 4.69) is 10.3 Å². The van der Waals surface area contributed by atoms with Gasteiger partial charge in [-0.25, -0.2) is 9.78 Å². The Bertz CT molecular complexity index is 1140. The first kappa shape index (κ1) is 18.9. The Hall–Kier alpha value is -3.45. The smallest absolute Gasteiger partial charge is 0.339 e. The molecule has 0 radical (unpaired) electrons. The van der Waals surface area contributed by atoms with Crippen LogP contribution in [0.3, 0.4) is 0 Å². The lowest BCUT2D eigenvalue weighted by molar-refractivity contribution is -0.124. The van der Waals surface area contributed by atoms with Crippen LogP contribution in [-0.4, -0.2) is 23.5 Å². The molecule has 6 nitrogen and oxygen atoms in total. The second-order valence-electron chi connectivity index (χ2n) is 6.43. The van der Waals surface area contributed by atoms with Gasteiger partial charge in [-0.3, -0.25) is 4.79 Å². The molecule has 29 heavy (non-hydrogen) atoms. The van der Waals surface area contributed by atoms with Crippen LogP contribution in [-0.2, 0) is 9.53 Å². The van der Waals surface area contributed by atoms with E-state index in [0.717, 1.165) is 4.88 Å². The number of ether oxygens (including phenoxy) is 1. The number of carbonyl (C=O) groups excluding carboxylic acids is 2. The summed E-state index contributed by atoms with van der Waals surface area (Å²) in [5.41, 5.74) is 1.50. The van der Waals surface area contributed by atoms with Crippen LogP contribution in [0.4, 0.5) is 0 Å². The zero-order valence-corrected chi connectivity index (χ0v) is 16.4. The number of aromatic nitrogens is 1. The highest BCUT2D eigenvalue weighted by molar-refractivity contribution is 7.10. The first-order valence-electron chi connectivity index (χ1n) is 9.05. The molecule has 0 spiro atoms. The number of nitrogens with one attached hydrogen (secondary N) is 1. The van der Waals surface area contributed by atoms with Gasteiger partial charge in [0, 0.05) is 10.3 Å². The standard InChI is InChI=1S/C22H18N2O4S/c1-14(20-9-5-11-29-20)23-21(25)13-28-22(26)16-12-18(19-8-4-10-27-19)24-17-7-3-2-6-15(16)17/h2-12,14H,13H2,1H3,(H,23,25)/t14-/m0/s1. The maximum absolute atomic E-state index is 12.7. The van der Waals surface area contributed by atoms with Crippen molar-refractivity contribution in [3.63, 3.8) is 0 Å². The lowest BCUT2D eigenvalue weighted by Gasteiger charge is -2.13. The summed E-state index contributed by atoms with van der Waals surface area (Å²) in [6.45, 7) is 1.53. The van der Waals surface area contributed by atoms with Crippen LogP contribution in [0.1, 0.15) is 28.2 Å². The van der Waals surface area contributed by atoms with Crippen molar-refractivity contribution in [1.82, 2.24) is 10.3 Å². The number of hydrogen-bond donors (Lipinski definition) is 1. The molecule has 0 bridgehead atoms. The molecule has 4 rings (SSSR count). The van der Waals surface area contributed by atoms with E-state index in [-0.39, 0.29) is 18.6 Å². The summed E-state index contributed by atoms with van der Waals surface area (Å²) in [4.78, 5) is 30.5. The summed E-state index contributed by atoms with van der Waals surface area (Å²) < 4.78 is 10.7. The largest absolute Gasteiger partial charge is 0.463 e. The first-order chi connectivity index (χ1) is 14.1.